The average Bonchev–Trinajstić information content (AvgIpc) is 2.40. The Labute approximate surface area is 117 Å². The summed E-state index contributed by atoms with van der Waals surface area (Å²) >= 11 is 0. The van der Waals surface area contributed by atoms with Crippen LogP contribution in [0.5, 0.6) is 5.75 Å². The van der Waals surface area contributed by atoms with Gasteiger partial charge in [0.15, 0.2) is 0 Å². The zero-order chi connectivity index (χ0) is 14.8. The predicted molar refractivity (Wildman–Crippen MR) is 75.5 cm³/mol. The monoisotopic (exact) mass is 292 g/mol. The van der Waals surface area contributed by atoms with Crippen LogP contribution in [0.4, 0.5) is 4.39 Å². The van der Waals surface area contributed by atoms with Crippen molar-refractivity contribution in [2.24, 2.45) is 0 Å². The van der Waals surface area contributed by atoms with Gasteiger partial charge < -0.3 is 4.18 Å². The lowest BCUT2D eigenvalue weighted by Crippen LogP contribution is -2.11. The minimum Gasteiger partial charge on any atom is -0.379 e. The Morgan fingerprint density at radius 2 is 1.80 bits per heavy atom. The third-order valence-corrected chi connectivity index (χ3v) is 4.00. The van der Waals surface area contributed by atoms with Crippen molar-refractivity contribution in [2.45, 2.75) is 11.8 Å². The summed E-state index contributed by atoms with van der Waals surface area (Å²) < 4.78 is 42.2. The highest BCUT2D eigenvalue weighted by Gasteiger charge is 2.19. The summed E-state index contributed by atoms with van der Waals surface area (Å²) in [6.07, 6.45) is 1.45. The molecule has 0 aliphatic carbocycles. The summed E-state index contributed by atoms with van der Waals surface area (Å²) in [6, 6.07) is 9.62. The van der Waals surface area contributed by atoms with Crippen LogP contribution in [0, 0.1) is 12.7 Å². The molecule has 20 heavy (non-hydrogen) atoms. The predicted octanol–water partition coefficient (Wildman–Crippen LogP) is 3.54. The number of halogens is 1. The first-order chi connectivity index (χ1) is 9.42. The molecule has 0 aliphatic heterocycles. The summed E-state index contributed by atoms with van der Waals surface area (Å²) in [5.74, 6) is -0.404. The molecule has 0 saturated carbocycles. The van der Waals surface area contributed by atoms with E-state index in [1.54, 1.807) is 12.1 Å². The molecule has 0 N–H and O–H groups in total. The normalized spacial score (nSPS) is 11.1. The van der Waals surface area contributed by atoms with E-state index in [-0.39, 0.29) is 10.6 Å². The van der Waals surface area contributed by atoms with Crippen molar-refractivity contribution in [3.8, 4) is 5.75 Å². The van der Waals surface area contributed by atoms with E-state index >= 15 is 0 Å². The van der Waals surface area contributed by atoms with Crippen LogP contribution in [0.25, 0.3) is 6.08 Å². The average molecular weight is 292 g/mol. The second-order valence-electron chi connectivity index (χ2n) is 4.24. The van der Waals surface area contributed by atoms with Gasteiger partial charge in [-0.3, -0.25) is 0 Å². The Morgan fingerprint density at radius 3 is 2.40 bits per heavy atom. The molecule has 0 unspecified atom stereocenters. The molecule has 0 aliphatic rings. The quantitative estimate of drug-likeness (QED) is 0.809. The SMILES string of the molecule is C=Cc1cc(C)ccc1S(=O)(=O)Oc1ccc(F)cc1. The van der Waals surface area contributed by atoms with Crippen molar-refractivity contribution >= 4 is 16.2 Å². The van der Waals surface area contributed by atoms with E-state index in [0.717, 1.165) is 17.7 Å². The maximum Gasteiger partial charge on any atom is 0.339 e. The fourth-order valence-corrected chi connectivity index (χ4v) is 2.84. The molecule has 2 aromatic rings. The molecule has 0 saturated heterocycles. The summed E-state index contributed by atoms with van der Waals surface area (Å²) in [7, 11) is -3.98. The van der Waals surface area contributed by atoms with Gasteiger partial charge in [-0.05, 0) is 42.8 Å². The van der Waals surface area contributed by atoms with Crippen LogP contribution in [-0.4, -0.2) is 8.42 Å². The summed E-state index contributed by atoms with van der Waals surface area (Å²) in [6.45, 7) is 5.45. The number of rotatable bonds is 4. The first-order valence-electron chi connectivity index (χ1n) is 5.85. The van der Waals surface area contributed by atoms with Gasteiger partial charge in [-0.15, -0.1) is 0 Å². The highest BCUT2D eigenvalue weighted by atomic mass is 32.2. The lowest BCUT2D eigenvalue weighted by atomic mass is 10.1. The van der Waals surface area contributed by atoms with Crippen molar-refractivity contribution < 1.29 is 17.0 Å². The third-order valence-electron chi connectivity index (χ3n) is 2.67. The molecule has 0 radical (unpaired) electrons. The van der Waals surface area contributed by atoms with Crippen LogP contribution in [0.3, 0.4) is 0 Å². The van der Waals surface area contributed by atoms with Crippen LogP contribution in [-0.2, 0) is 10.1 Å². The van der Waals surface area contributed by atoms with E-state index in [1.165, 1.54) is 24.3 Å². The van der Waals surface area contributed by atoms with Crippen molar-refractivity contribution in [1.29, 1.82) is 0 Å². The molecule has 3 nitrogen and oxygen atoms in total. The smallest absolute Gasteiger partial charge is 0.339 e. The summed E-state index contributed by atoms with van der Waals surface area (Å²) in [5.41, 5.74) is 1.38. The van der Waals surface area contributed by atoms with Crippen LogP contribution in [0.15, 0.2) is 53.9 Å². The molecule has 0 aromatic heterocycles. The molecular formula is C15H13FO3S. The highest BCUT2D eigenvalue weighted by Crippen LogP contribution is 2.23. The van der Waals surface area contributed by atoms with Crippen LogP contribution < -0.4 is 4.18 Å². The van der Waals surface area contributed by atoms with Crippen LogP contribution in [0.1, 0.15) is 11.1 Å². The highest BCUT2D eigenvalue weighted by molar-refractivity contribution is 7.87. The van der Waals surface area contributed by atoms with Gasteiger partial charge in [-0.25, -0.2) is 4.39 Å². The fourth-order valence-electron chi connectivity index (χ4n) is 1.72. The molecule has 0 spiro atoms. The molecule has 0 fully saturated rings. The van der Waals surface area contributed by atoms with E-state index in [2.05, 4.69) is 6.58 Å². The Bertz CT molecular complexity index is 734. The van der Waals surface area contributed by atoms with Gasteiger partial charge in [0.1, 0.15) is 16.5 Å². The zero-order valence-electron chi connectivity index (χ0n) is 10.8. The van der Waals surface area contributed by atoms with Gasteiger partial charge in [0.05, 0.1) is 0 Å². The van der Waals surface area contributed by atoms with Gasteiger partial charge in [0.25, 0.3) is 0 Å². The number of aryl methyl sites for hydroxylation is 1. The minimum absolute atomic E-state index is 0.0300. The largest absolute Gasteiger partial charge is 0.379 e. The fraction of sp³-hybridized carbons (Fsp3) is 0.0667. The lowest BCUT2D eigenvalue weighted by molar-refractivity contribution is 0.484. The molecule has 0 amide bonds. The van der Waals surface area contributed by atoms with Crippen molar-refractivity contribution in [1.82, 2.24) is 0 Å². The van der Waals surface area contributed by atoms with Crippen molar-refractivity contribution in [2.75, 3.05) is 0 Å². The molecule has 5 heteroatoms. The second kappa shape index (κ2) is 5.46. The molecule has 0 heterocycles. The maximum absolute atomic E-state index is 12.8. The molecular weight excluding hydrogens is 279 g/mol. The van der Waals surface area contributed by atoms with Crippen LogP contribution in [0.2, 0.25) is 0 Å². The summed E-state index contributed by atoms with van der Waals surface area (Å²) in [5, 5.41) is 0. The minimum atomic E-state index is -3.98. The summed E-state index contributed by atoms with van der Waals surface area (Å²) in [4.78, 5) is 0.0300. The van der Waals surface area contributed by atoms with E-state index < -0.39 is 15.9 Å². The van der Waals surface area contributed by atoms with Gasteiger partial charge >= 0.3 is 10.1 Å². The van der Waals surface area contributed by atoms with Crippen LogP contribution >= 0.6 is 0 Å². The zero-order valence-corrected chi connectivity index (χ0v) is 11.7. The number of benzene rings is 2. The van der Waals surface area contributed by atoms with E-state index in [9.17, 15) is 12.8 Å². The Balaban J connectivity index is 2.40. The molecule has 0 atom stereocenters. The molecule has 2 aromatic carbocycles. The van der Waals surface area contributed by atoms with Crippen molar-refractivity contribution in [3.63, 3.8) is 0 Å². The Morgan fingerprint density at radius 1 is 1.15 bits per heavy atom. The Hall–Kier alpha value is -2.14. The molecule has 2 rings (SSSR count). The molecule has 104 valence electrons. The van der Waals surface area contributed by atoms with E-state index in [0.29, 0.717) is 5.56 Å². The lowest BCUT2D eigenvalue weighted by Gasteiger charge is -2.10. The standard InChI is InChI=1S/C15H13FO3S/c1-3-12-10-11(2)4-9-15(12)20(17,18)19-14-7-5-13(16)6-8-14/h3-10H,1H2,2H3. The molecule has 0 bridgehead atoms. The first-order valence-corrected chi connectivity index (χ1v) is 7.26. The first kappa shape index (κ1) is 14.3. The van der Waals surface area contributed by atoms with Gasteiger partial charge in [0, 0.05) is 0 Å². The topological polar surface area (TPSA) is 43.4 Å². The second-order valence-corrected chi connectivity index (χ2v) is 5.75. The number of hydrogen-bond acceptors (Lipinski definition) is 3. The van der Waals surface area contributed by atoms with Gasteiger partial charge in [-0.1, -0.05) is 30.4 Å². The third kappa shape index (κ3) is 3.05. The van der Waals surface area contributed by atoms with Gasteiger partial charge in [-0.2, -0.15) is 8.42 Å². The van der Waals surface area contributed by atoms with E-state index in [4.69, 9.17) is 4.18 Å². The maximum atomic E-state index is 12.8. The Kier molecular flexibility index (Phi) is 3.90. The van der Waals surface area contributed by atoms with E-state index in [1.807, 2.05) is 6.92 Å². The van der Waals surface area contributed by atoms with Crippen molar-refractivity contribution in [3.05, 3.63) is 66.0 Å². The number of hydrogen-bond donors (Lipinski definition) is 0. The van der Waals surface area contributed by atoms with Gasteiger partial charge in [0.2, 0.25) is 0 Å².